The number of phenolic OH excluding ortho intramolecular Hbond substituents is 1. The maximum Gasteiger partial charge on any atom is 0.295 e. The van der Waals surface area contributed by atoms with E-state index in [1.165, 1.54) is 17.0 Å². The molecular formula is C28H28N2O5. The van der Waals surface area contributed by atoms with Gasteiger partial charge >= 0.3 is 0 Å². The predicted molar refractivity (Wildman–Crippen MR) is 133 cm³/mol. The summed E-state index contributed by atoms with van der Waals surface area (Å²) in [6, 6.07) is 22.1. The quantitative estimate of drug-likeness (QED) is 0.293. The first-order valence-corrected chi connectivity index (χ1v) is 11.3. The molecule has 35 heavy (non-hydrogen) atoms. The topological polar surface area (TPSA) is 90.3 Å². The van der Waals surface area contributed by atoms with Gasteiger partial charge in [0.05, 0.1) is 11.6 Å². The SMILES string of the molecule is CN(C)CCN1C(=O)C(=O)C(=C(O)c2ccc(OCc3ccccc3)cc2)[C@@H]1c1ccc(O)cc1. The molecule has 1 saturated heterocycles. The van der Waals surface area contributed by atoms with E-state index in [0.29, 0.717) is 36.6 Å². The number of benzene rings is 3. The van der Waals surface area contributed by atoms with Crippen LogP contribution in [-0.2, 0) is 16.2 Å². The van der Waals surface area contributed by atoms with Crippen molar-refractivity contribution in [2.24, 2.45) is 0 Å². The van der Waals surface area contributed by atoms with Crippen molar-refractivity contribution >= 4 is 17.4 Å². The third-order valence-corrected chi connectivity index (χ3v) is 5.91. The van der Waals surface area contributed by atoms with Gasteiger partial charge in [0.15, 0.2) is 0 Å². The maximum absolute atomic E-state index is 13.1. The Kier molecular flexibility index (Phi) is 7.17. The summed E-state index contributed by atoms with van der Waals surface area (Å²) in [5.41, 5.74) is 2.10. The number of aliphatic hydroxyl groups excluding tert-OH is 1. The van der Waals surface area contributed by atoms with E-state index in [1.54, 1.807) is 36.4 Å². The first-order valence-electron chi connectivity index (χ1n) is 11.3. The Morgan fingerprint density at radius 1 is 0.943 bits per heavy atom. The van der Waals surface area contributed by atoms with Crippen LogP contribution in [0.2, 0.25) is 0 Å². The highest BCUT2D eigenvalue weighted by Gasteiger charge is 2.45. The summed E-state index contributed by atoms with van der Waals surface area (Å²) in [5, 5.41) is 20.9. The van der Waals surface area contributed by atoms with Crippen molar-refractivity contribution < 1.29 is 24.5 Å². The molecule has 1 atom stereocenters. The maximum atomic E-state index is 13.1. The normalized spacial score (nSPS) is 17.2. The fourth-order valence-electron chi connectivity index (χ4n) is 4.03. The van der Waals surface area contributed by atoms with Gasteiger partial charge in [0.1, 0.15) is 23.9 Å². The van der Waals surface area contributed by atoms with E-state index in [-0.39, 0.29) is 17.1 Å². The van der Waals surface area contributed by atoms with Gasteiger partial charge in [-0.25, -0.2) is 0 Å². The van der Waals surface area contributed by atoms with Crippen LogP contribution in [0.5, 0.6) is 11.5 Å². The summed E-state index contributed by atoms with van der Waals surface area (Å²) in [6.45, 7) is 1.27. The van der Waals surface area contributed by atoms with Crippen LogP contribution in [-0.4, -0.2) is 58.9 Å². The Hall–Kier alpha value is -4.10. The number of carbonyl (C=O) groups excluding carboxylic acids is 2. The number of Topliss-reactive ketones (excluding diaryl/α,β-unsaturated/α-hetero) is 1. The standard InChI is InChI=1S/C28H28N2O5/c1-29(2)16-17-30-25(20-8-12-22(31)13-9-20)24(27(33)28(30)34)26(32)21-10-14-23(15-11-21)35-18-19-6-4-3-5-7-19/h3-15,25,31-32H,16-18H2,1-2H3/t25-/m0/s1. The van der Waals surface area contributed by atoms with Crippen LogP contribution in [0.1, 0.15) is 22.7 Å². The number of aliphatic hydroxyl groups is 1. The number of ketones is 1. The Labute approximate surface area is 204 Å². The monoisotopic (exact) mass is 472 g/mol. The van der Waals surface area contributed by atoms with Crippen LogP contribution < -0.4 is 4.74 Å². The molecular weight excluding hydrogens is 444 g/mol. The number of likely N-dealkylation sites (tertiary alicyclic amines) is 1. The molecule has 0 aliphatic carbocycles. The number of hydrogen-bond donors (Lipinski definition) is 2. The van der Waals surface area contributed by atoms with Gasteiger partial charge in [0.2, 0.25) is 0 Å². The highest BCUT2D eigenvalue weighted by Crippen LogP contribution is 2.39. The van der Waals surface area contributed by atoms with Crippen molar-refractivity contribution in [3.63, 3.8) is 0 Å². The van der Waals surface area contributed by atoms with Crippen LogP contribution in [0.15, 0.2) is 84.4 Å². The second-order valence-corrected chi connectivity index (χ2v) is 8.69. The minimum Gasteiger partial charge on any atom is -0.508 e. The molecule has 1 amide bonds. The predicted octanol–water partition coefficient (Wildman–Crippen LogP) is 3.95. The van der Waals surface area contributed by atoms with Gasteiger partial charge in [-0.1, -0.05) is 42.5 Å². The summed E-state index contributed by atoms with van der Waals surface area (Å²) < 4.78 is 5.81. The number of hydrogen-bond acceptors (Lipinski definition) is 6. The highest BCUT2D eigenvalue weighted by molar-refractivity contribution is 6.46. The van der Waals surface area contributed by atoms with E-state index in [4.69, 9.17) is 4.74 Å². The second-order valence-electron chi connectivity index (χ2n) is 8.69. The second kappa shape index (κ2) is 10.4. The zero-order chi connectivity index (χ0) is 24.9. The molecule has 1 aliphatic heterocycles. The minimum absolute atomic E-state index is 0.0254. The third kappa shape index (κ3) is 5.36. The van der Waals surface area contributed by atoms with E-state index >= 15 is 0 Å². The van der Waals surface area contributed by atoms with Crippen molar-refractivity contribution in [3.8, 4) is 11.5 Å². The third-order valence-electron chi connectivity index (χ3n) is 5.91. The summed E-state index contributed by atoms with van der Waals surface area (Å²) in [4.78, 5) is 29.4. The molecule has 2 N–H and O–H groups in total. The Balaban J connectivity index is 1.65. The van der Waals surface area contributed by atoms with Gasteiger partial charge in [0.25, 0.3) is 11.7 Å². The summed E-state index contributed by atoms with van der Waals surface area (Å²) in [5.74, 6) is -0.946. The number of phenols is 1. The van der Waals surface area contributed by atoms with Gasteiger partial charge in [-0.2, -0.15) is 0 Å². The van der Waals surface area contributed by atoms with Crippen molar-refractivity contribution in [1.29, 1.82) is 0 Å². The molecule has 4 rings (SSSR count). The average Bonchev–Trinajstić information content (AvgIpc) is 3.12. The molecule has 0 saturated carbocycles. The molecule has 180 valence electrons. The molecule has 0 radical (unpaired) electrons. The van der Waals surface area contributed by atoms with Crippen LogP contribution in [0, 0.1) is 0 Å². The molecule has 0 bridgehead atoms. The molecule has 7 heteroatoms. The van der Waals surface area contributed by atoms with Gasteiger partial charge < -0.3 is 24.7 Å². The number of likely N-dealkylation sites (N-methyl/N-ethyl adjacent to an activating group) is 1. The van der Waals surface area contributed by atoms with Crippen LogP contribution in [0.25, 0.3) is 5.76 Å². The lowest BCUT2D eigenvalue weighted by Gasteiger charge is -2.26. The molecule has 3 aromatic carbocycles. The van der Waals surface area contributed by atoms with Crippen molar-refractivity contribution in [2.45, 2.75) is 12.6 Å². The molecule has 0 aromatic heterocycles. The van der Waals surface area contributed by atoms with Crippen LogP contribution in [0.4, 0.5) is 0 Å². The largest absolute Gasteiger partial charge is 0.508 e. The van der Waals surface area contributed by atoms with E-state index in [0.717, 1.165) is 5.56 Å². The van der Waals surface area contributed by atoms with Gasteiger partial charge in [-0.15, -0.1) is 0 Å². The number of aromatic hydroxyl groups is 1. The van der Waals surface area contributed by atoms with E-state index in [9.17, 15) is 19.8 Å². The number of ether oxygens (including phenoxy) is 1. The van der Waals surface area contributed by atoms with Gasteiger partial charge in [-0.3, -0.25) is 9.59 Å². The number of rotatable bonds is 8. The minimum atomic E-state index is -0.760. The molecule has 1 heterocycles. The number of nitrogens with zero attached hydrogens (tertiary/aromatic N) is 2. The fourth-order valence-corrected chi connectivity index (χ4v) is 4.03. The van der Waals surface area contributed by atoms with Crippen molar-refractivity contribution in [3.05, 3.63) is 101 Å². The van der Waals surface area contributed by atoms with Gasteiger partial charge in [-0.05, 0) is 61.6 Å². The first-order chi connectivity index (χ1) is 16.8. The van der Waals surface area contributed by atoms with Crippen LogP contribution >= 0.6 is 0 Å². The molecule has 3 aromatic rings. The van der Waals surface area contributed by atoms with E-state index in [2.05, 4.69) is 0 Å². The Morgan fingerprint density at radius 3 is 2.23 bits per heavy atom. The smallest absolute Gasteiger partial charge is 0.295 e. The fraction of sp³-hybridized carbons (Fsp3) is 0.214. The molecule has 0 spiro atoms. The molecule has 0 unspecified atom stereocenters. The molecule has 1 fully saturated rings. The van der Waals surface area contributed by atoms with Crippen molar-refractivity contribution in [1.82, 2.24) is 9.80 Å². The lowest BCUT2D eigenvalue weighted by atomic mass is 9.95. The zero-order valence-electron chi connectivity index (χ0n) is 19.7. The average molecular weight is 473 g/mol. The first kappa shape index (κ1) is 24.0. The van der Waals surface area contributed by atoms with Gasteiger partial charge in [0, 0.05) is 18.7 Å². The van der Waals surface area contributed by atoms with Crippen molar-refractivity contribution in [2.75, 3.05) is 27.2 Å². The Morgan fingerprint density at radius 2 is 1.60 bits per heavy atom. The summed E-state index contributed by atoms with van der Waals surface area (Å²) in [6.07, 6.45) is 0. The number of carbonyl (C=O) groups is 2. The van der Waals surface area contributed by atoms with E-state index < -0.39 is 17.7 Å². The van der Waals surface area contributed by atoms with E-state index in [1.807, 2.05) is 49.3 Å². The lowest BCUT2D eigenvalue weighted by molar-refractivity contribution is -0.140. The number of amides is 1. The summed E-state index contributed by atoms with van der Waals surface area (Å²) >= 11 is 0. The molecule has 7 nitrogen and oxygen atoms in total. The lowest BCUT2D eigenvalue weighted by Crippen LogP contribution is -2.35. The zero-order valence-corrected chi connectivity index (χ0v) is 19.7. The highest BCUT2D eigenvalue weighted by atomic mass is 16.5. The summed E-state index contributed by atoms with van der Waals surface area (Å²) in [7, 11) is 3.77. The van der Waals surface area contributed by atoms with Crippen LogP contribution in [0.3, 0.4) is 0 Å². The molecule has 1 aliphatic rings. The Bertz CT molecular complexity index is 1220.